The molecule has 0 aliphatic heterocycles. The molecule has 0 saturated heterocycles. The molecule has 1 aromatic carbocycles. The van der Waals surface area contributed by atoms with Gasteiger partial charge < -0.3 is 15.2 Å². The summed E-state index contributed by atoms with van der Waals surface area (Å²) in [7, 11) is 0. The van der Waals surface area contributed by atoms with E-state index in [0.29, 0.717) is 15.4 Å². The third kappa shape index (κ3) is 5.20. The van der Waals surface area contributed by atoms with Crippen molar-refractivity contribution in [3.05, 3.63) is 62.6 Å². The highest BCUT2D eigenvalue weighted by Gasteiger charge is 2.25. The number of hydrogen-bond donors (Lipinski definition) is 4. The van der Waals surface area contributed by atoms with Crippen LogP contribution in [0, 0.1) is 0 Å². The molecule has 2 aromatic heterocycles. The Hall–Kier alpha value is -3.73. The largest absolute Gasteiger partial charge is 0.479 e. The summed E-state index contributed by atoms with van der Waals surface area (Å²) in [5.74, 6) is -1.45. The highest BCUT2D eigenvalue weighted by molar-refractivity contribution is 7.12. The van der Waals surface area contributed by atoms with Crippen molar-refractivity contribution in [2.24, 2.45) is 10.2 Å². The van der Waals surface area contributed by atoms with Gasteiger partial charge in [-0.1, -0.05) is 18.2 Å². The molecule has 0 aliphatic rings. The van der Waals surface area contributed by atoms with E-state index in [0.717, 1.165) is 0 Å². The van der Waals surface area contributed by atoms with Crippen LogP contribution >= 0.6 is 11.3 Å². The highest BCUT2D eigenvalue weighted by Crippen LogP contribution is 2.29. The predicted octanol–water partition coefficient (Wildman–Crippen LogP) is 3.52. The number of H-pyrrole nitrogens is 2. The second kappa shape index (κ2) is 9.65. The number of carboxylic acids is 1. The van der Waals surface area contributed by atoms with Crippen molar-refractivity contribution in [1.82, 2.24) is 10.2 Å². The minimum atomic E-state index is -1.16. The molecule has 3 aromatic rings. The summed E-state index contributed by atoms with van der Waals surface area (Å²) >= 11 is 1.17. The van der Waals surface area contributed by atoms with Gasteiger partial charge in [-0.15, -0.1) is 16.5 Å². The quantitative estimate of drug-likeness (QED) is 0.302. The number of hydrogen-bond acceptors (Lipinski definition) is 8. The standard InChI is InChI=1S/C19H19N5O5S/c1-2-29-14(25)10-12-8-9-13(30-12)15(19(27)28)20-17-16(18(26)24-23-17)22-21-11-6-4-3-5-7-11/h3-9,15H,2,10H2,1H3,(H,27,28)(H3,20,23,24,26). The maximum atomic E-state index is 12.1. The van der Waals surface area contributed by atoms with Crippen LogP contribution in [0.1, 0.15) is 22.7 Å². The number of esters is 1. The molecule has 0 amide bonds. The number of azo groups is 1. The molecule has 0 aliphatic carbocycles. The van der Waals surface area contributed by atoms with Crippen molar-refractivity contribution in [2.45, 2.75) is 19.4 Å². The molecule has 0 bridgehead atoms. The lowest BCUT2D eigenvalue weighted by Crippen LogP contribution is -2.19. The second-order valence-electron chi connectivity index (χ2n) is 6.04. The molecule has 0 saturated carbocycles. The summed E-state index contributed by atoms with van der Waals surface area (Å²) < 4.78 is 4.91. The van der Waals surface area contributed by atoms with Crippen molar-refractivity contribution in [3.63, 3.8) is 0 Å². The number of carboxylic acid groups (broad SMARTS) is 1. The van der Waals surface area contributed by atoms with E-state index in [1.165, 1.54) is 11.3 Å². The zero-order valence-corrected chi connectivity index (χ0v) is 16.7. The van der Waals surface area contributed by atoms with Gasteiger partial charge in [0.2, 0.25) is 0 Å². The van der Waals surface area contributed by atoms with E-state index >= 15 is 0 Å². The number of aliphatic carboxylic acids is 1. The monoisotopic (exact) mass is 429 g/mol. The fourth-order valence-electron chi connectivity index (χ4n) is 2.55. The number of nitrogens with one attached hydrogen (secondary N) is 3. The van der Waals surface area contributed by atoms with Gasteiger partial charge in [-0.25, -0.2) is 4.79 Å². The van der Waals surface area contributed by atoms with Crippen LogP contribution in [0.15, 0.2) is 57.5 Å². The van der Waals surface area contributed by atoms with E-state index in [1.54, 1.807) is 43.3 Å². The molecule has 11 heteroatoms. The molecule has 0 radical (unpaired) electrons. The molecule has 156 valence electrons. The smallest absolute Gasteiger partial charge is 0.331 e. The molecular formula is C19H19N5O5S. The Morgan fingerprint density at radius 3 is 2.63 bits per heavy atom. The number of anilines is 1. The Kier molecular flexibility index (Phi) is 6.75. The minimum absolute atomic E-state index is 0.0579. The third-order valence-electron chi connectivity index (χ3n) is 3.90. The van der Waals surface area contributed by atoms with Crippen molar-refractivity contribution in [1.29, 1.82) is 0 Å². The number of rotatable bonds is 9. The fourth-order valence-corrected chi connectivity index (χ4v) is 3.59. The van der Waals surface area contributed by atoms with Crippen LogP contribution in [0.4, 0.5) is 17.2 Å². The van der Waals surface area contributed by atoms with Gasteiger partial charge >= 0.3 is 11.9 Å². The van der Waals surface area contributed by atoms with Crippen molar-refractivity contribution in [3.8, 4) is 0 Å². The van der Waals surface area contributed by atoms with Gasteiger partial charge in [0.1, 0.15) is 0 Å². The lowest BCUT2D eigenvalue weighted by Gasteiger charge is -2.12. The number of aromatic nitrogens is 2. The zero-order valence-electron chi connectivity index (χ0n) is 15.9. The summed E-state index contributed by atoms with van der Waals surface area (Å²) in [4.78, 5) is 36.7. The summed E-state index contributed by atoms with van der Waals surface area (Å²) in [6.45, 7) is 1.99. The number of nitrogens with zero attached hydrogens (tertiary/aromatic N) is 2. The number of aromatic amines is 2. The molecule has 2 heterocycles. The Balaban J connectivity index is 1.81. The maximum absolute atomic E-state index is 12.1. The topological polar surface area (TPSA) is 149 Å². The summed E-state index contributed by atoms with van der Waals surface area (Å²) in [6, 6.07) is 10.9. The molecule has 10 nitrogen and oxygen atoms in total. The molecule has 30 heavy (non-hydrogen) atoms. The average Bonchev–Trinajstić information content (AvgIpc) is 3.31. The molecule has 3 rings (SSSR count). The van der Waals surface area contributed by atoms with Gasteiger partial charge in [0.15, 0.2) is 17.5 Å². The lowest BCUT2D eigenvalue weighted by molar-refractivity contribution is -0.142. The van der Waals surface area contributed by atoms with Crippen LogP contribution in [0.2, 0.25) is 0 Å². The van der Waals surface area contributed by atoms with Crippen molar-refractivity contribution in [2.75, 3.05) is 11.9 Å². The van der Waals surface area contributed by atoms with E-state index in [9.17, 15) is 19.5 Å². The van der Waals surface area contributed by atoms with Crippen molar-refractivity contribution < 1.29 is 19.4 Å². The van der Waals surface area contributed by atoms with E-state index in [1.807, 2.05) is 6.07 Å². The van der Waals surface area contributed by atoms with Gasteiger partial charge in [0.05, 0.1) is 18.7 Å². The van der Waals surface area contributed by atoms with Crippen LogP contribution in [0.5, 0.6) is 0 Å². The van der Waals surface area contributed by atoms with Gasteiger partial charge in [0, 0.05) is 9.75 Å². The van der Waals surface area contributed by atoms with Gasteiger partial charge in [-0.3, -0.25) is 19.8 Å². The predicted molar refractivity (Wildman–Crippen MR) is 111 cm³/mol. The van der Waals surface area contributed by atoms with E-state index in [-0.39, 0.29) is 30.5 Å². The van der Waals surface area contributed by atoms with E-state index in [2.05, 4.69) is 25.7 Å². The fraction of sp³-hybridized carbons (Fsp3) is 0.211. The van der Waals surface area contributed by atoms with E-state index in [4.69, 9.17) is 4.74 Å². The van der Waals surface area contributed by atoms with Crippen LogP contribution in [0.3, 0.4) is 0 Å². The first-order valence-electron chi connectivity index (χ1n) is 8.99. The molecule has 1 unspecified atom stereocenters. The lowest BCUT2D eigenvalue weighted by atomic mass is 10.2. The van der Waals surface area contributed by atoms with Crippen LogP contribution in [-0.2, 0) is 20.7 Å². The molecule has 4 N–H and O–H groups in total. The maximum Gasteiger partial charge on any atom is 0.331 e. The second-order valence-corrected chi connectivity index (χ2v) is 7.24. The third-order valence-corrected chi connectivity index (χ3v) is 5.05. The van der Waals surface area contributed by atoms with Crippen molar-refractivity contribution >= 4 is 40.5 Å². The molecule has 0 fully saturated rings. The zero-order chi connectivity index (χ0) is 21.5. The normalized spacial score (nSPS) is 12.0. The first-order valence-corrected chi connectivity index (χ1v) is 9.80. The Morgan fingerprint density at radius 1 is 1.17 bits per heavy atom. The number of carbonyl (C=O) groups is 2. The summed E-state index contributed by atoms with van der Waals surface area (Å²) in [5.41, 5.74) is -0.0791. The van der Waals surface area contributed by atoms with Crippen LogP contribution in [-0.4, -0.2) is 33.8 Å². The Morgan fingerprint density at radius 2 is 1.93 bits per heavy atom. The van der Waals surface area contributed by atoms with Gasteiger partial charge in [-0.2, -0.15) is 5.11 Å². The summed E-state index contributed by atoms with van der Waals surface area (Å²) in [6.07, 6.45) is 0.0579. The van der Waals surface area contributed by atoms with E-state index < -0.39 is 17.6 Å². The van der Waals surface area contributed by atoms with Gasteiger partial charge in [0.25, 0.3) is 5.56 Å². The number of ether oxygens (including phenoxy) is 1. The Labute approximate surface area is 174 Å². The molecule has 1 atom stereocenters. The number of carbonyl (C=O) groups excluding carboxylic acids is 1. The summed E-state index contributed by atoms with van der Waals surface area (Å²) in [5, 5.41) is 25.3. The van der Waals surface area contributed by atoms with Crippen LogP contribution < -0.4 is 10.9 Å². The SMILES string of the molecule is CCOC(=O)Cc1ccc(C(Nc2[nH][nH]c(=O)c2N=Nc2ccccc2)C(=O)O)s1. The first-order chi connectivity index (χ1) is 14.5. The average molecular weight is 429 g/mol. The molecular weight excluding hydrogens is 410 g/mol. The van der Waals surface area contributed by atoms with Crippen LogP contribution in [0.25, 0.3) is 0 Å². The molecule has 0 spiro atoms. The number of benzene rings is 1. The minimum Gasteiger partial charge on any atom is -0.479 e. The van der Waals surface area contributed by atoms with Gasteiger partial charge in [-0.05, 0) is 31.2 Å². The number of thiophene rings is 1. The highest BCUT2D eigenvalue weighted by atomic mass is 32.1. The first kappa shape index (κ1) is 21.0. The Bertz CT molecular complexity index is 1100.